The van der Waals surface area contributed by atoms with Crippen molar-refractivity contribution in [3.05, 3.63) is 65.2 Å². The molecule has 3 aromatic rings. The quantitative estimate of drug-likeness (QED) is 0.644. The molecule has 1 aromatic heterocycles. The molecular weight excluding hydrogens is 367 g/mol. The first-order valence-corrected chi connectivity index (χ1v) is 10.4. The Labute approximate surface area is 170 Å². The number of fused-ring (bicyclic) bond motifs is 1. The van der Waals surface area contributed by atoms with Crippen molar-refractivity contribution in [2.24, 2.45) is 5.92 Å². The van der Waals surface area contributed by atoms with Crippen LogP contribution < -0.4 is 5.32 Å². The molecule has 29 heavy (non-hydrogen) atoms. The number of aromatic amines is 1. The van der Waals surface area contributed by atoms with Crippen molar-refractivity contribution in [3.8, 4) is 0 Å². The van der Waals surface area contributed by atoms with E-state index in [2.05, 4.69) is 15.3 Å². The van der Waals surface area contributed by atoms with Crippen molar-refractivity contribution < 1.29 is 9.18 Å². The summed E-state index contributed by atoms with van der Waals surface area (Å²) >= 11 is 0. The third-order valence-electron chi connectivity index (χ3n) is 5.67. The Bertz CT molecular complexity index is 960. The van der Waals surface area contributed by atoms with Gasteiger partial charge < -0.3 is 15.2 Å². The Morgan fingerprint density at radius 1 is 1.28 bits per heavy atom. The number of carbonyl (C=O) groups excluding carboxylic acids is 1. The Kier molecular flexibility index (Phi) is 5.90. The lowest BCUT2D eigenvalue weighted by atomic mass is 9.97. The highest BCUT2D eigenvalue weighted by Crippen LogP contribution is 2.19. The van der Waals surface area contributed by atoms with Crippen LogP contribution in [0.3, 0.4) is 0 Å². The molecule has 1 aliphatic rings. The predicted octanol–water partition coefficient (Wildman–Crippen LogP) is 3.56. The van der Waals surface area contributed by atoms with Gasteiger partial charge in [0, 0.05) is 19.5 Å². The average molecular weight is 394 g/mol. The topological polar surface area (TPSA) is 61.0 Å². The van der Waals surface area contributed by atoms with Crippen LogP contribution in [0, 0.1) is 11.7 Å². The van der Waals surface area contributed by atoms with Crippen LogP contribution in [0.4, 0.5) is 4.39 Å². The number of halogens is 1. The van der Waals surface area contributed by atoms with Crippen LogP contribution in [0.5, 0.6) is 0 Å². The van der Waals surface area contributed by atoms with Gasteiger partial charge in [0.1, 0.15) is 11.6 Å². The SMILES string of the molecule is CCN(CCc1nc2ccccc2[nH]1)C(=O)c1cc(CC2CCNC2)ccc1F. The summed E-state index contributed by atoms with van der Waals surface area (Å²) in [5.74, 6) is 0.678. The normalized spacial score (nSPS) is 16.4. The molecule has 4 rings (SSSR count). The zero-order valence-corrected chi connectivity index (χ0v) is 16.7. The summed E-state index contributed by atoms with van der Waals surface area (Å²) in [6.45, 7) is 4.95. The third-order valence-corrected chi connectivity index (χ3v) is 5.67. The van der Waals surface area contributed by atoms with Crippen LogP contribution in [-0.2, 0) is 12.8 Å². The summed E-state index contributed by atoms with van der Waals surface area (Å²) in [6.07, 6.45) is 2.60. The van der Waals surface area contributed by atoms with E-state index in [1.54, 1.807) is 17.0 Å². The van der Waals surface area contributed by atoms with Crippen molar-refractivity contribution in [1.82, 2.24) is 20.2 Å². The smallest absolute Gasteiger partial charge is 0.256 e. The minimum atomic E-state index is -0.453. The van der Waals surface area contributed by atoms with Gasteiger partial charge in [-0.2, -0.15) is 0 Å². The number of hydrogen-bond donors (Lipinski definition) is 2. The molecule has 1 atom stereocenters. The average Bonchev–Trinajstić information content (AvgIpc) is 3.39. The molecule has 1 fully saturated rings. The Morgan fingerprint density at radius 3 is 2.90 bits per heavy atom. The van der Waals surface area contributed by atoms with Gasteiger partial charge >= 0.3 is 0 Å². The van der Waals surface area contributed by atoms with Gasteiger partial charge in [0.2, 0.25) is 0 Å². The van der Waals surface area contributed by atoms with Gasteiger partial charge in [-0.25, -0.2) is 9.37 Å². The van der Waals surface area contributed by atoms with E-state index in [1.165, 1.54) is 6.07 Å². The second-order valence-corrected chi connectivity index (χ2v) is 7.71. The van der Waals surface area contributed by atoms with Crippen LogP contribution in [0.25, 0.3) is 11.0 Å². The molecular formula is C23H27FN4O. The van der Waals surface area contributed by atoms with Crippen LogP contribution >= 0.6 is 0 Å². The first kappa shape index (κ1) is 19.6. The van der Waals surface area contributed by atoms with Crippen molar-refractivity contribution in [2.45, 2.75) is 26.2 Å². The van der Waals surface area contributed by atoms with Crippen molar-refractivity contribution >= 4 is 16.9 Å². The number of aromatic nitrogens is 2. The maximum absolute atomic E-state index is 14.5. The fraction of sp³-hybridized carbons (Fsp3) is 0.391. The number of hydrogen-bond acceptors (Lipinski definition) is 3. The van der Waals surface area contributed by atoms with E-state index >= 15 is 0 Å². The highest BCUT2D eigenvalue weighted by molar-refractivity contribution is 5.94. The summed E-state index contributed by atoms with van der Waals surface area (Å²) in [6, 6.07) is 12.8. The molecule has 1 unspecified atom stereocenters. The van der Waals surface area contributed by atoms with E-state index in [4.69, 9.17) is 0 Å². The predicted molar refractivity (Wildman–Crippen MR) is 112 cm³/mol. The number of rotatable bonds is 7. The molecule has 2 aromatic carbocycles. The number of carbonyl (C=O) groups is 1. The van der Waals surface area contributed by atoms with Crippen molar-refractivity contribution in [2.75, 3.05) is 26.2 Å². The summed E-state index contributed by atoms with van der Waals surface area (Å²) in [5.41, 5.74) is 3.09. The van der Waals surface area contributed by atoms with Crippen molar-refractivity contribution in [1.29, 1.82) is 0 Å². The van der Waals surface area contributed by atoms with E-state index in [-0.39, 0.29) is 11.5 Å². The highest BCUT2D eigenvalue weighted by atomic mass is 19.1. The maximum atomic E-state index is 14.5. The second kappa shape index (κ2) is 8.74. The van der Waals surface area contributed by atoms with E-state index in [9.17, 15) is 9.18 Å². The Morgan fingerprint density at radius 2 is 2.14 bits per heavy atom. The summed E-state index contributed by atoms with van der Waals surface area (Å²) in [7, 11) is 0. The fourth-order valence-electron chi connectivity index (χ4n) is 4.02. The molecule has 0 radical (unpaired) electrons. The first-order chi connectivity index (χ1) is 14.1. The highest BCUT2D eigenvalue weighted by Gasteiger charge is 2.21. The van der Waals surface area contributed by atoms with Gasteiger partial charge in [-0.05, 0) is 68.6 Å². The van der Waals surface area contributed by atoms with Crippen LogP contribution in [0.1, 0.15) is 35.1 Å². The molecule has 0 spiro atoms. The number of H-pyrrole nitrogens is 1. The lowest BCUT2D eigenvalue weighted by molar-refractivity contribution is 0.0760. The van der Waals surface area contributed by atoms with Gasteiger partial charge in [0.25, 0.3) is 5.91 Å². The van der Waals surface area contributed by atoms with Gasteiger partial charge in [0.05, 0.1) is 16.6 Å². The lowest BCUT2D eigenvalue weighted by Gasteiger charge is -2.21. The standard InChI is InChI=1S/C23H27FN4O/c1-2-28(12-10-22-26-20-5-3-4-6-21(20)27-22)23(29)18-14-16(7-8-19(18)24)13-17-9-11-25-15-17/h3-8,14,17,25H,2,9-13,15H2,1H3,(H,26,27). The largest absolute Gasteiger partial charge is 0.342 e. The fourth-order valence-corrected chi connectivity index (χ4v) is 4.02. The van der Waals surface area contributed by atoms with Gasteiger partial charge in [-0.1, -0.05) is 18.2 Å². The summed E-state index contributed by atoms with van der Waals surface area (Å²) < 4.78 is 14.5. The molecule has 5 nitrogen and oxygen atoms in total. The third kappa shape index (κ3) is 4.48. The molecule has 2 heterocycles. The lowest BCUT2D eigenvalue weighted by Crippen LogP contribution is -2.33. The minimum absolute atomic E-state index is 0.167. The Balaban J connectivity index is 1.45. The van der Waals surface area contributed by atoms with E-state index < -0.39 is 5.82 Å². The van der Waals surface area contributed by atoms with E-state index in [0.717, 1.165) is 48.4 Å². The van der Waals surface area contributed by atoms with Crippen LogP contribution in [0.2, 0.25) is 0 Å². The minimum Gasteiger partial charge on any atom is -0.342 e. The van der Waals surface area contributed by atoms with Crippen molar-refractivity contribution in [3.63, 3.8) is 0 Å². The first-order valence-electron chi connectivity index (χ1n) is 10.4. The monoisotopic (exact) mass is 394 g/mol. The molecule has 1 aliphatic heterocycles. The Hall–Kier alpha value is -2.73. The molecule has 0 saturated carbocycles. The summed E-state index contributed by atoms with van der Waals surface area (Å²) in [4.78, 5) is 22.6. The second-order valence-electron chi connectivity index (χ2n) is 7.71. The van der Waals surface area contributed by atoms with Crippen LogP contribution in [0.15, 0.2) is 42.5 Å². The van der Waals surface area contributed by atoms with Gasteiger partial charge in [0.15, 0.2) is 0 Å². The number of benzene rings is 2. The number of nitrogens with one attached hydrogen (secondary N) is 2. The maximum Gasteiger partial charge on any atom is 0.256 e. The number of likely N-dealkylation sites (N-methyl/N-ethyl adjacent to an activating group) is 1. The van der Waals surface area contributed by atoms with Crippen LogP contribution in [-0.4, -0.2) is 47.0 Å². The zero-order valence-electron chi connectivity index (χ0n) is 16.7. The molecule has 0 aliphatic carbocycles. The van der Waals surface area contributed by atoms with Gasteiger partial charge in [-0.3, -0.25) is 4.79 Å². The summed E-state index contributed by atoms with van der Waals surface area (Å²) in [5, 5.41) is 3.35. The number of nitrogens with zero attached hydrogens (tertiary/aromatic N) is 2. The molecule has 1 saturated heterocycles. The van der Waals surface area contributed by atoms with Gasteiger partial charge in [-0.15, -0.1) is 0 Å². The van der Waals surface area contributed by atoms with E-state index in [1.807, 2.05) is 31.2 Å². The number of para-hydroxylation sites is 2. The molecule has 152 valence electrons. The molecule has 6 heteroatoms. The van der Waals surface area contributed by atoms with E-state index in [0.29, 0.717) is 25.4 Å². The number of amides is 1. The molecule has 1 amide bonds. The zero-order chi connectivity index (χ0) is 20.2. The molecule has 0 bridgehead atoms. The molecule has 2 N–H and O–H groups in total. The number of imidazole rings is 1.